The predicted molar refractivity (Wildman–Crippen MR) is 110 cm³/mol. The highest BCUT2D eigenvalue weighted by molar-refractivity contribution is 7.93. The standard InChI is InChI=1S/C20H23N5O3S/c1-2-13-4-3-5-17-16(13)11-18(21-17)20(26)24-8-9-25-14(12-24)10-19(22-25)23-29(27,28)15-6-7-15/h3-5,10-11,15,21H,2,6-9,12H2,1H3,(H,22,23). The van der Waals surface area contributed by atoms with Crippen LogP contribution in [0.5, 0.6) is 0 Å². The average Bonchev–Trinajstić information content (AvgIpc) is 3.37. The van der Waals surface area contributed by atoms with Gasteiger partial charge in [0.1, 0.15) is 5.69 Å². The van der Waals surface area contributed by atoms with Gasteiger partial charge in [-0.05, 0) is 37.0 Å². The molecule has 1 saturated carbocycles. The van der Waals surface area contributed by atoms with Crippen molar-refractivity contribution in [2.75, 3.05) is 11.3 Å². The number of fused-ring (bicyclic) bond motifs is 2. The zero-order valence-corrected chi connectivity index (χ0v) is 17.0. The summed E-state index contributed by atoms with van der Waals surface area (Å²) in [7, 11) is -3.35. The van der Waals surface area contributed by atoms with Crippen molar-refractivity contribution in [2.24, 2.45) is 0 Å². The van der Waals surface area contributed by atoms with Gasteiger partial charge in [-0.2, -0.15) is 5.10 Å². The van der Waals surface area contributed by atoms with E-state index in [-0.39, 0.29) is 11.2 Å². The van der Waals surface area contributed by atoms with E-state index in [1.165, 1.54) is 5.56 Å². The molecule has 3 heterocycles. The van der Waals surface area contributed by atoms with Crippen molar-refractivity contribution in [3.05, 3.63) is 47.3 Å². The molecule has 0 unspecified atom stereocenters. The van der Waals surface area contributed by atoms with Crippen molar-refractivity contribution in [3.8, 4) is 0 Å². The van der Waals surface area contributed by atoms with Crippen LogP contribution >= 0.6 is 0 Å². The van der Waals surface area contributed by atoms with Crippen LogP contribution in [0.25, 0.3) is 10.9 Å². The van der Waals surface area contributed by atoms with Crippen molar-refractivity contribution in [1.29, 1.82) is 0 Å². The summed E-state index contributed by atoms with van der Waals surface area (Å²) < 4.78 is 28.6. The third kappa shape index (κ3) is 3.29. The summed E-state index contributed by atoms with van der Waals surface area (Å²) in [5, 5.41) is 5.13. The minimum atomic E-state index is -3.35. The zero-order chi connectivity index (χ0) is 20.2. The van der Waals surface area contributed by atoms with Gasteiger partial charge in [-0.3, -0.25) is 14.2 Å². The number of amides is 1. The first-order valence-electron chi connectivity index (χ1n) is 9.93. The number of sulfonamides is 1. The number of carbonyl (C=O) groups excluding carboxylic acids is 1. The molecule has 1 aliphatic heterocycles. The molecule has 0 spiro atoms. The summed E-state index contributed by atoms with van der Waals surface area (Å²) in [6.45, 7) is 3.56. The van der Waals surface area contributed by atoms with Crippen LogP contribution in [0, 0.1) is 0 Å². The lowest BCUT2D eigenvalue weighted by Crippen LogP contribution is -2.38. The number of H-pyrrole nitrogens is 1. The number of hydrogen-bond donors (Lipinski definition) is 2. The summed E-state index contributed by atoms with van der Waals surface area (Å²) in [5.41, 5.74) is 3.57. The molecule has 1 aliphatic carbocycles. The molecule has 2 N–H and O–H groups in total. The smallest absolute Gasteiger partial charge is 0.270 e. The monoisotopic (exact) mass is 413 g/mol. The average molecular weight is 414 g/mol. The van der Waals surface area contributed by atoms with Crippen LogP contribution in [-0.2, 0) is 29.5 Å². The molecule has 0 atom stereocenters. The van der Waals surface area contributed by atoms with E-state index >= 15 is 0 Å². The summed E-state index contributed by atoms with van der Waals surface area (Å²) in [6.07, 6.45) is 2.32. The normalized spacial score (nSPS) is 16.8. The molecular weight excluding hydrogens is 390 g/mol. The Bertz CT molecular complexity index is 1210. The Morgan fingerprint density at radius 2 is 2.10 bits per heavy atom. The number of aryl methyl sites for hydroxylation is 1. The summed E-state index contributed by atoms with van der Waals surface area (Å²) in [4.78, 5) is 18.1. The van der Waals surface area contributed by atoms with Gasteiger partial charge in [0.25, 0.3) is 5.91 Å². The second-order valence-corrected chi connectivity index (χ2v) is 9.69. The van der Waals surface area contributed by atoms with Gasteiger partial charge in [0.05, 0.1) is 24.0 Å². The summed E-state index contributed by atoms with van der Waals surface area (Å²) >= 11 is 0. The van der Waals surface area contributed by atoms with Crippen molar-refractivity contribution in [2.45, 2.75) is 44.5 Å². The maximum absolute atomic E-state index is 13.1. The highest BCUT2D eigenvalue weighted by atomic mass is 32.2. The Kier molecular flexibility index (Phi) is 4.16. The molecule has 1 aromatic carbocycles. The van der Waals surface area contributed by atoms with E-state index < -0.39 is 10.0 Å². The first kappa shape index (κ1) is 18.2. The second-order valence-electron chi connectivity index (χ2n) is 7.73. The molecule has 0 radical (unpaired) electrons. The molecule has 2 aliphatic rings. The van der Waals surface area contributed by atoms with Gasteiger partial charge in [0.2, 0.25) is 10.0 Å². The van der Waals surface area contributed by atoms with Crippen LogP contribution < -0.4 is 4.72 Å². The Labute approximate surface area is 168 Å². The number of aromatic nitrogens is 3. The molecular formula is C20H23N5O3S. The first-order valence-corrected chi connectivity index (χ1v) is 11.5. The third-order valence-corrected chi connectivity index (χ3v) is 7.50. The predicted octanol–water partition coefficient (Wildman–Crippen LogP) is 2.49. The maximum Gasteiger partial charge on any atom is 0.270 e. The highest BCUT2D eigenvalue weighted by Crippen LogP contribution is 2.30. The molecule has 152 valence electrons. The molecule has 1 fully saturated rings. The number of anilines is 1. The zero-order valence-electron chi connectivity index (χ0n) is 16.2. The largest absolute Gasteiger partial charge is 0.351 e. The maximum atomic E-state index is 13.1. The number of benzene rings is 1. The highest BCUT2D eigenvalue weighted by Gasteiger charge is 2.36. The van der Waals surface area contributed by atoms with E-state index in [1.807, 2.05) is 18.2 Å². The molecule has 29 heavy (non-hydrogen) atoms. The van der Waals surface area contributed by atoms with Crippen LogP contribution in [0.15, 0.2) is 30.3 Å². The van der Waals surface area contributed by atoms with Crippen molar-refractivity contribution in [3.63, 3.8) is 0 Å². The van der Waals surface area contributed by atoms with Gasteiger partial charge >= 0.3 is 0 Å². The Morgan fingerprint density at radius 1 is 1.28 bits per heavy atom. The quantitative estimate of drug-likeness (QED) is 0.671. The minimum Gasteiger partial charge on any atom is -0.351 e. The van der Waals surface area contributed by atoms with Gasteiger partial charge in [0, 0.05) is 23.5 Å². The summed E-state index contributed by atoms with van der Waals surface area (Å²) in [5.74, 6) is 0.273. The van der Waals surface area contributed by atoms with E-state index in [1.54, 1.807) is 15.6 Å². The summed E-state index contributed by atoms with van der Waals surface area (Å²) in [6, 6.07) is 9.70. The van der Waals surface area contributed by atoms with E-state index in [4.69, 9.17) is 0 Å². The molecule has 8 nitrogen and oxygen atoms in total. The fourth-order valence-corrected chi connectivity index (χ4v) is 5.22. The Hall–Kier alpha value is -2.81. The van der Waals surface area contributed by atoms with E-state index in [2.05, 4.69) is 27.8 Å². The molecule has 1 amide bonds. The number of hydrogen-bond acceptors (Lipinski definition) is 4. The van der Waals surface area contributed by atoms with Crippen LogP contribution in [0.2, 0.25) is 0 Å². The lowest BCUT2D eigenvalue weighted by atomic mass is 10.1. The van der Waals surface area contributed by atoms with Crippen LogP contribution in [0.3, 0.4) is 0 Å². The van der Waals surface area contributed by atoms with Crippen LogP contribution in [0.4, 0.5) is 5.82 Å². The molecule has 5 rings (SSSR count). The number of rotatable bonds is 5. The Balaban J connectivity index is 1.36. The molecule has 0 bridgehead atoms. The van der Waals surface area contributed by atoms with Crippen LogP contribution in [0.1, 0.15) is 41.5 Å². The first-order chi connectivity index (χ1) is 13.9. The third-order valence-electron chi connectivity index (χ3n) is 5.66. The number of carbonyl (C=O) groups is 1. The Morgan fingerprint density at radius 3 is 2.86 bits per heavy atom. The van der Waals surface area contributed by atoms with Gasteiger partial charge < -0.3 is 9.88 Å². The minimum absolute atomic E-state index is 0.0594. The molecule has 9 heteroatoms. The lowest BCUT2D eigenvalue weighted by Gasteiger charge is -2.27. The number of aromatic amines is 1. The van der Waals surface area contributed by atoms with Crippen LogP contribution in [-0.4, -0.2) is 45.8 Å². The van der Waals surface area contributed by atoms with Crippen molar-refractivity contribution >= 4 is 32.7 Å². The molecule has 0 saturated heterocycles. The van der Waals surface area contributed by atoms with Crippen molar-refractivity contribution in [1.82, 2.24) is 19.7 Å². The lowest BCUT2D eigenvalue weighted by molar-refractivity contribution is 0.0701. The van der Waals surface area contributed by atoms with Gasteiger partial charge in [-0.25, -0.2) is 8.42 Å². The molecule has 2 aromatic heterocycles. The SMILES string of the molecule is CCc1cccc2[nH]c(C(=O)N3CCn4nc(NS(=O)(=O)C5CC5)cc4C3)cc12. The number of nitrogens with one attached hydrogen (secondary N) is 2. The van der Waals surface area contributed by atoms with Gasteiger partial charge in [-0.15, -0.1) is 0 Å². The van der Waals surface area contributed by atoms with E-state index in [0.717, 1.165) is 23.0 Å². The van der Waals surface area contributed by atoms with Gasteiger partial charge in [-0.1, -0.05) is 19.1 Å². The topological polar surface area (TPSA) is 100 Å². The fraction of sp³-hybridized carbons (Fsp3) is 0.400. The van der Waals surface area contributed by atoms with E-state index in [9.17, 15) is 13.2 Å². The molecule has 3 aromatic rings. The van der Waals surface area contributed by atoms with Crippen molar-refractivity contribution < 1.29 is 13.2 Å². The number of nitrogens with zero attached hydrogens (tertiary/aromatic N) is 3. The fourth-order valence-electron chi connectivity index (χ4n) is 3.91. The van der Waals surface area contributed by atoms with Gasteiger partial charge in [0.15, 0.2) is 5.82 Å². The second kappa shape index (κ2) is 6.62. The van der Waals surface area contributed by atoms with E-state index in [0.29, 0.717) is 44.0 Å².